The van der Waals surface area contributed by atoms with E-state index in [1.165, 1.54) is 0 Å². The summed E-state index contributed by atoms with van der Waals surface area (Å²) in [6.07, 6.45) is 0.110. The number of hydrogen-bond acceptors (Lipinski definition) is 4. The Morgan fingerprint density at radius 1 is 1.36 bits per heavy atom. The topological polar surface area (TPSA) is 57.5 Å². The number of aromatic nitrogens is 1. The van der Waals surface area contributed by atoms with E-state index in [-0.39, 0.29) is 17.9 Å². The second-order valence-electron chi connectivity index (χ2n) is 6.44. The van der Waals surface area contributed by atoms with Crippen molar-refractivity contribution in [3.63, 3.8) is 0 Å². The van der Waals surface area contributed by atoms with Gasteiger partial charge in [0.2, 0.25) is 0 Å². The molecule has 1 atom stereocenters. The van der Waals surface area contributed by atoms with Crippen LogP contribution >= 0.6 is 0 Å². The maximum absolute atomic E-state index is 12.8. The fourth-order valence-corrected chi connectivity index (χ4v) is 3.02. The average molecular weight is 339 g/mol. The molecular weight excluding hydrogens is 318 g/mol. The summed E-state index contributed by atoms with van der Waals surface area (Å²) in [4.78, 5) is 24.9. The van der Waals surface area contributed by atoms with Crippen LogP contribution in [-0.4, -0.2) is 17.1 Å². The largest absolute Gasteiger partial charge is 0.489 e. The predicted molar refractivity (Wildman–Crippen MR) is 95.3 cm³/mol. The van der Waals surface area contributed by atoms with E-state index in [1.54, 1.807) is 17.7 Å². The number of fused-ring (bicyclic) bond motifs is 1. The van der Waals surface area contributed by atoms with Crippen LogP contribution in [0.5, 0.6) is 11.5 Å². The van der Waals surface area contributed by atoms with Crippen molar-refractivity contribution in [2.45, 2.75) is 26.2 Å². The van der Waals surface area contributed by atoms with Crippen LogP contribution in [0.15, 0.2) is 47.3 Å². The lowest BCUT2D eigenvalue weighted by Crippen LogP contribution is -2.32. The number of aryl methyl sites for hydroxylation is 1. The van der Waals surface area contributed by atoms with E-state index in [1.807, 2.05) is 38.1 Å². The van der Waals surface area contributed by atoms with Crippen LogP contribution in [0.4, 0.5) is 0 Å². The first-order valence-electron chi connectivity index (χ1n) is 8.15. The zero-order chi connectivity index (χ0) is 18.1. The maximum atomic E-state index is 12.8. The fraction of sp³-hybridized carbons (Fsp3) is 0.300. The molecule has 0 bridgehead atoms. The van der Waals surface area contributed by atoms with Gasteiger partial charge in [0.15, 0.2) is 0 Å². The Kier molecular flexibility index (Phi) is 4.49. The number of esters is 1. The van der Waals surface area contributed by atoms with Crippen molar-refractivity contribution in [3.05, 3.63) is 69.7 Å². The zero-order valence-corrected chi connectivity index (χ0v) is 14.7. The van der Waals surface area contributed by atoms with Crippen molar-refractivity contribution < 1.29 is 14.3 Å². The minimum Gasteiger partial charge on any atom is -0.489 e. The van der Waals surface area contributed by atoms with Crippen LogP contribution in [0.2, 0.25) is 0 Å². The maximum Gasteiger partial charge on any atom is 0.312 e. The molecule has 0 aliphatic carbocycles. The molecule has 1 aromatic carbocycles. The van der Waals surface area contributed by atoms with Crippen molar-refractivity contribution in [1.82, 2.24) is 4.57 Å². The molecule has 3 rings (SSSR count). The van der Waals surface area contributed by atoms with Gasteiger partial charge in [-0.1, -0.05) is 24.8 Å². The van der Waals surface area contributed by atoms with E-state index in [2.05, 4.69) is 6.58 Å². The SMILES string of the molecule is C=C(C)COc1ccccc1[C@H]1CC(=O)Oc2cc(C)n(C)c(=O)c21. The molecule has 5 heteroatoms. The summed E-state index contributed by atoms with van der Waals surface area (Å²) >= 11 is 0. The normalized spacial score (nSPS) is 16.1. The number of ether oxygens (including phenoxy) is 2. The molecule has 1 aromatic heterocycles. The molecule has 0 amide bonds. The van der Waals surface area contributed by atoms with E-state index >= 15 is 0 Å². The molecule has 1 aliphatic heterocycles. The van der Waals surface area contributed by atoms with Gasteiger partial charge in [-0.2, -0.15) is 0 Å². The van der Waals surface area contributed by atoms with Crippen molar-refractivity contribution in [2.75, 3.05) is 6.61 Å². The average Bonchev–Trinajstić information content (AvgIpc) is 2.57. The molecule has 130 valence electrons. The smallest absolute Gasteiger partial charge is 0.312 e. The van der Waals surface area contributed by atoms with Crippen molar-refractivity contribution >= 4 is 5.97 Å². The Labute approximate surface area is 146 Å². The van der Waals surface area contributed by atoms with Gasteiger partial charge < -0.3 is 14.0 Å². The van der Waals surface area contributed by atoms with Gasteiger partial charge in [0.25, 0.3) is 5.56 Å². The molecule has 5 nitrogen and oxygen atoms in total. The first kappa shape index (κ1) is 17.0. The lowest BCUT2D eigenvalue weighted by molar-refractivity contribution is -0.135. The number of pyridine rings is 1. The number of carbonyl (C=O) groups is 1. The van der Waals surface area contributed by atoms with Gasteiger partial charge in [-0.3, -0.25) is 9.59 Å². The van der Waals surface area contributed by atoms with Crippen molar-refractivity contribution in [2.24, 2.45) is 7.05 Å². The first-order chi connectivity index (χ1) is 11.9. The van der Waals surface area contributed by atoms with Gasteiger partial charge in [0.05, 0.1) is 12.0 Å². The second kappa shape index (κ2) is 6.59. The summed E-state index contributed by atoms with van der Waals surface area (Å²) in [5.41, 5.74) is 2.79. The van der Waals surface area contributed by atoms with Crippen LogP contribution in [0.1, 0.15) is 36.1 Å². The van der Waals surface area contributed by atoms with E-state index in [0.29, 0.717) is 23.7 Å². The monoisotopic (exact) mass is 339 g/mol. The second-order valence-corrected chi connectivity index (χ2v) is 6.44. The molecule has 2 aromatic rings. The Balaban J connectivity index is 2.14. The van der Waals surface area contributed by atoms with Gasteiger partial charge in [-0.25, -0.2) is 0 Å². The van der Waals surface area contributed by atoms with Gasteiger partial charge in [0.1, 0.15) is 18.1 Å². The molecule has 0 radical (unpaired) electrons. The van der Waals surface area contributed by atoms with Gasteiger partial charge >= 0.3 is 5.97 Å². The van der Waals surface area contributed by atoms with Crippen LogP contribution in [0, 0.1) is 6.92 Å². The summed E-state index contributed by atoms with van der Waals surface area (Å²) in [6.45, 7) is 7.92. The molecule has 0 spiro atoms. The highest BCUT2D eigenvalue weighted by atomic mass is 16.5. The summed E-state index contributed by atoms with van der Waals surface area (Å²) in [7, 11) is 1.72. The summed E-state index contributed by atoms with van der Waals surface area (Å²) < 4.78 is 12.7. The lowest BCUT2D eigenvalue weighted by Gasteiger charge is -2.26. The lowest BCUT2D eigenvalue weighted by atomic mass is 9.86. The van der Waals surface area contributed by atoms with Crippen molar-refractivity contribution in [3.8, 4) is 11.5 Å². The van der Waals surface area contributed by atoms with Gasteiger partial charge in [0, 0.05) is 30.3 Å². The third-order valence-electron chi connectivity index (χ3n) is 4.38. The molecule has 0 fully saturated rings. The minimum atomic E-state index is -0.392. The van der Waals surface area contributed by atoms with Crippen LogP contribution in [-0.2, 0) is 11.8 Å². The number of carbonyl (C=O) groups excluding carboxylic acids is 1. The van der Waals surface area contributed by atoms with E-state index in [9.17, 15) is 9.59 Å². The molecule has 0 unspecified atom stereocenters. The Morgan fingerprint density at radius 2 is 2.08 bits per heavy atom. The van der Waals surface area contributed by atoms with Crippen LogP contribution in [0.3, 0.4) is 0 Å². The van der Waals surface area contributed by atoms with Gasteiger partial charge in [-0.05, 0) is 25.5 Å². The molecule has 2 heterocycles. The minimum absolute atomic E-state index is 0.110. The van der Waals surface area contributed by atoms with Gasteiger partial charge in [-0.15, -0.1) is 0 Å². The number of benzene rings is 1. The Morgan fingerprint density at radius 3 is 2.80 bits per heavy atom. The number of rotatable bonds is 4. The molecule has 0 N–H and O–H groups in total. The van der Waals surface area contributed by atoms with E-state index in [4.69, 9.17) is 9.47 Å². The highest BCUT2D eigenvalue weighted by Gasteiger charge is 2.33. The van der Waals surface area contributed by atoms with Crippen LogP contribution < -0.4 is 15.0 Å². The molecular formula is C20H21NO4. The summed E-state index contributed by atoms with van der Waals surface area (Å²) in [5.74, 6) is 0.257. The Bertz CT molecular complexity index is 910. The van der Waals surface area contributed by atoms with Crippen molar-refractivity contribution in [1.29, 1.82) is 0 Å². The summed E-state index contributed by atoms with van der Waals surface area (Å²) in [6, 6.07) is 9.21. The number of para-hydroxylation sites is 1. The Hall–Kier alpha value is -2.82. The first-order valence-corrected chi connectivity index (χ1v) is 8.15. The van der Waals surface area contributed by atoms with E-state index < -0.39 is 5.92 Å². The van der Waals surface area contributed by atoms with Crippen LogP contribution in [0.25, 0.3) is 0 Å². The third-order valence-corrected chi connectivity index (χ3v) is 4.38. The fourth-order valence-electron chi connectivity index (χ4n) is 3.02. The number of hydrogen-bond donors (Lipinski definition) is 0. The summed E-state index contributed by atoms with van der Waals surface area (Å²) in [5, 5.41) is 0. The standard InChI is InChI=1S/C20H21NO4/c1-12(2)11-24-16-8-6-5-7-14(16)15-10-18(22)25-17-9-13(3)21(4)20(23)19(15)17/h5-9,15H,1,10-11H2,2-4H3/t15-/m1/s1. The molecule has 1 aliphatic rings. The quantitative estimate of drug-likeness (QED) is 0.634. The van der Waals surface area contributed by atoms with E-state index in [0.717, 1.165) is 16.8 Å². The molecule has 0 saturated carbocycles. The highest BCUT2D eigenvalue weighted by Crippen LogP contribution is 2.40. The zero-order valence-electron chi connectivity index (χ0n) is 14.7. The molecule has 25 heavy (non-hydrogen) atoms. The number of nitrogens with zero attached hydrogens (tertiary/aromatic N) is 1. The highest BCUT2D eigenvalue weighted by molar-refractivity contribution is 5.78. The third kappa shape index (κ3) is 3.22. The predicted octanol–water partition coefficient (Wildman–Crippen LogP) is 3.09. The molecule has 0 saturated heterocycles.